The third-order valence-corrected chi connectivity index (χ3v) is 4.58. The topological polar surface area (TPSA) is 93.0 Å². The van der Waals surface area contributed by atoms with Crippen LogP contribution >= 0.6 is 0 Å². The lowest BCUT2D eigenvalue weighted by Gasteiger charge is -2.31. The average molecular weight is 484 g/mol. The second kappa shape index (κ2) is 14.5. The van der Waals surface area contributed by atoms with Gasteiger partial charge in [-0.2, -0.15) is 0 Å². The number of aliphatic hydroxyl groups excluding tert-OH is 2. The second-order valence-electron chi connectivity index (χ2n) is 10.1. The van der Waals surface area contributed by atoms with E-state index in [2.05, 4.69) is 54.0 Å². The molecule has 0 aromatic carbocycles. The first-order chi connectivity index (χ1) is 16.4. The number of aromatic nitrogens is 1. The van der Waals surface area contributed by atoms with Crippen molar-refractivity contribution < 1.29 is 10.2 Å². The van der Waals surface area contributed by atoms with Crippen molar-refractivity contribution in [2.45, 2.75) is 67.3 Å². The third kappa shape index (κ3) is 10.9. The van der Waals surface area contributed by atoms with Gasteiger partial charge < -0.3 is 25.7 Å². The normalized spacial score (nSPS) is 13.5. The molecule has 194 valence electrons. The lowest BCUT2D eigenvalue weighted by Crippen LogP contribution is -2.29. The first kappa shape index (κ1) is 30.1. The summed E-state index contributed by atoms with van der Waals surface area (Å²) in [5.41, 5.74) is 3.86. The quantitative estimate of drug-likeness (QED) is 0.273. The molecule has 0 radical (unpaired) electrons. The molecule has 7 nitrogen and oxygen atoms in total. The van der Waals surface area contributed by atoms with Gasteiger partial charge in [-0.3, -0.25) is 0 Å². The van der Waals surface area contributed by atoms with E-state index in [4.69, 9.17) is 10.1 Å². The third-order valence-electron chi connectivity index (χ3n) is 4.58. The lowest BCUT2D eigenvalue weighted by molar-refractivity contribution is 0.248. The smallest absolute Gasteiger partial charge is 0.138 e. The summed E-state index contributed by atoms with van der Waals surface area (Å²) in [6.45, 7) is 21.7. The van der Waals surface area contributed by atoms with Gasteiger partial charge in [0.2, 0.25) is 0 Å². The van der Waals surface area contributed by atoms with Crippen molar-refractivity contribution in [3.63, 3.8) is 0 Å². The number of aliphatic hydroxyl groups is 2. The molecule has 0 fully saturated rings. The van der Waals surface area contributed by atoms with Crippen molar-refractivity contribution in [3.05, 3.63) is 53.9 Å². The minimum atomic E-state index is -0.168. The number of amidine groups is 1. The van der Waals surface area contributed by atoms with E-state index in [1.54, 1.807) is 6.20 Å². The number of hydrogen-bond donors (Lipinski definition) is 4. The van der Waals surface area contributed by atoms with Gasteiger partial charge in [-0.05, 0) is 77.7 Å². The first-order valence-electron chi connectivity index (χ1n) is 12.2. The molecule has 35 heavy (non-hydrogen) atoms. The van der Waals surface area contributed by atoms with E-state index >= 15 is 0 Å². The lowest BCUT2D eigenvalue weighted by atomic mass is 10.00. The van der Waals surface area contributed by atoms with E-state index in [1.165, 1.54) is 0 Å². The van der Waals surface area contributed by atoms with Crippen LogP contribution in [0.3, 0.4) is 0 Å². The highest BCUT2D eigenvalue weighted by atomic mass is 16.3. The van der Waals surface area contributed by atoms with Gasteiger partial charge in [-0.15, -0.1) is 0 Å². The maximum Gasteiger partial charge on any atom is 0.138 e. The van der Waals surface area contributed by atoms with Gasteiger partial charge in [0.25, 0.3) is 0 Å². The van der Waals surface area contributed by atoms with Gasteiger partial charge >= 0.3 is 0 Å². The molecule has 0 spiro atoms. The highest BCUT2D eigenvalue weighted by molar-refractivity contribution is 6.04. The van der Waals surface area contributed by atoms with Crippen LogP contribution < -0.4 is 10.6 Å². The summed E-state index contributed by atoms with van der Waals surface area (Å²) >= 11 is 0. The van der Waals surface area contributed by atoms with Crippen molar-refractivity contribution in [1.82, 2.24) is 9.88 Å². The van der Waals surface area contributed by atoms with Gasteiger partial charge in [-0.1, -0.05) is 32.1 Å². The fourth-order valence-corrected chi connectivity index (χ4v) is 3.03. The summed E-state index contributed by atoms with van der Waals surface area (Å²) in [5.74, 6) is 2.65. The number of rotatable bonds is 8. The van der Waals surface area contributed by atoms with E-state index in [-0.39, 0.29) is 12.1 Å². The average Bonchev–Trinajstić information content (AvgIpc) is 2.75. The summed E-state index contributed by atoms with van der Waals surface area (Å²) in [6, 6.07) is 2.01. The van der Waals surface area contributed by atoms with Crippen molar-refractivity contribution in [2.75, 3.05) is 30.4 Å². The standard InChI is InChI=1S/C24H35N5O.C4H10O/c1-8-11-25-20(15-17(2)3)26-21-16-19-10-13-29(12-9-14-30)18(4)22(19)23(27-21)28-24(5,6)7;1-4(2)3-5/h8,10-11,13,15-16,30H,4,9,12,14H2,1-3,5-7H3,(H2,25,26,27,28);4-5H,3H2,1-2H3/b11-8+;. The minimum absolute atomic E-state index is 0.150. The van der Waals surface area contributed by atoms with Crippen LogP contribution in [0.2, 0.25) is 0 Å². The molecular weight excluding hydrogens is 438 g/mol. The number of allylic oxidation sites excluding steroid dienone is 2. The van der Waals surface area contributed by atoms with Crippen LogP contribution in [0.4, 0.5) is 11.6 Å². The minimum Gasteiger partial charge on any atom is -0.396 e. The Kier molecular flexibility index (Phi) is 12.5. The van der Waals surface area contributed by atoms with E-state index in [0.717, 1.165) is 34.1 Å². The summed E-state index contributed by atoms with van der Waals surface area (Å²) in [6.07, 6.45) is 10.4. The Bertz CT molecular complexity index is 949. The molecule has 2 rings (SSSR count). The van der Waals surface area contributed by atoms with E-state index in [9.17, 15) is 5.11 Å². The van der Waals surface area contributed by atoms with Gasteiger partial charge in [0, 0.05) is 49.0 Å². The predicted octanol–water partition coefficient (Wildman–Crippen LogP) is 5.88. The first-order valence-corrected chi connectivity index (χ1v) is 12.2. The molecule has 1 aliphatic rings. The van der Waals surface area contributed by atoms with Gasteiger partial charge in [0.15, 0.2) is 0 Å². The number of fused-ring (bicyclic) bond motifs is 1. The molecule has 0 aliphatic carbocycles. The summed E-state index contributed by atoms with van der Waals surface area (Å²) in [4.78, 5) is 11.4. The number of pyridine rings is 1. The highest BCUT2D eigenvalue weighted by Gasteiger charge is 2.23. The highest BCUT2D eigenvalue weighted by Crippen LogP contribution is 2.35. The molecule has 0 amide bonds. The van der Waals surface area contributed by atoms with Gasteiger partial charge in [-0.25, -0.2) is 9.98 Å². The molecule has 2 heterocycles. The Morgan fingerprint density at radius 2 is 1.91 bits per heavy atom. The van der Waals surface area contributed by atoms with Gasteiger partial charge in [0.05, 0.1) is 0 Å². The van der Waals surface area contributed by atoms with Crippen molar-refractivity contribution >= 4 is 29.2 Å². The molecule has 1 aromatic rings. The van der Waals surface area contributed by atoms with Crippen LogP contribution in [0.1, 0.15) is 72.9 Å². The Labute approximate surface area is 212 Å². The SMILES string of the molecule is C=C1c2c(cc(NC(C=C(C)C)=N/C=C/C)nc2NC(C)(C)C)C=CN1CCCO.CC(C)CO. The number of hydrogen-bond acceptors (Lipinski definition) is 6. The maximum absolute atomic E-state index is 9.20. The summed E-state index contributed by atoms with van der Waals surface area (Å²) in [5, 5.41) is 24.2. The molecule has 7 heteroatoms. The molecule has 1 aromatic heterocycles. The molecule has 0 unspecified atom stereocenters. The van der Waals surface area contributed by atoms with Crippen molar-refractivity contribution in [2.24, 2.45) is 10.9 Å². The van der Waals surface area contributed by atoms with Crippen molar-refractivity contribution in [3.8, 4) is 0 Å². The molecule has 1 aliphatic heterocycles. The number of nitrogens with one attached hydrogen (secondary N) is 2. The maximum atomic E-state index is 9.20. The molecule has 0 bridgehead atoms. The van der Waals surface area contributed by atoms with E-state index in [1.807, 2.05) is 59.0 Å². The molecule has 0 atom stereocenters. The van der Waals surface area contributed by atoms with E-state index in [0.29, 0.717) is 31.3 Å². The van der Waals surface area contributed by atoms with E-state index < -0.39 is 0 Å². The summed E-state index contributed by atoms with van der Waals surface area (Å²) in [7, 11) is 0. The number of nitrogens with zero attached hydrogens (tertiary/aromatic N) is 3. The zero-order valence-electron chi connectivity index (χ0n) is 22.8. The predicted molar refractivity (Wildman–Crippen MR) is 151 cm³/mol. The zero-order valence-corrected chi connectivity index (χ0v) is 22.8. The Hall–Kier alpha value is -2.90. The molecule has 4 N–H and O–H groups in total. The van der Waals surface area contributed by atoms with Crippen LogP contribution in [0.15, 0.2) is 47.8 Å². The van der Waals surface area contributed by atoms with Crippen LogP contribution in [-0.2, 0) is 0 Å². The number of anilines is 2. The molecular formula is C28H45N5O2. The number of aliphatic imine (C=N–C) groups is 1. The fourth-order valence-electron chi connectivity index (χ4n) is 3.03. The Balaban J connectivity index is 0.00000111. The van der Waals surface area contributed by atoms with Crippen molar-refractivity contribution in [1.29, 1.82) is 0 Å². The molecule has 0 saturated heterocycles. The monoisotopic (exact) mass is 483 g/mol. The van der Waals surface area contributed by atoms with Crippen LogP contribution in [-0.4, -0.2) is 51.2 Å². The fraction of sp³-hybridized carbons (Fsp3) is 0.500. The second-order valence-corrected chi connectivity index (χ2v) is 10.1. The largest absolute Gasteiger partial charge is 0.396 e. The Morgan fingerprint density at radius 3 is 2.43 bits per heavy atom. The van der Waals surface area contributed by atoms with Crippen LogP contribution in [0, 0.1) is 5.92 Å². The summed E-state index contributed by atoms with van der Waals surface area (Å²) < 4.78 is 0. The van der Waals surface area contributed by atoms with Crippen LogP contribution in [0.5, 0.6) is 0 Å². The van der Waals surface area contributed by atoms with Gasteiger partial charge in [0.1, 0.15) is 17.5 Å². The zero-order chi connectivity index (χ0) is 26.6. The Morgan fingerprint density at radius 1 is 1.26 bits per heavy atom. The molecule has 0 saturated carbocycles. The van der Waals surface area contributed by atoms with Crippen LogP contribution in [0.25, 0.3) is 11.8 Å².